The number of ether oxygens (including phenoxy) is 1. The highest BCUT2D eigenvalue weighted by Crippen LogP contribution is 2.29. The molecule has 2 N–H and O–H groups in total. The summed E-state index contributed by atoms with van der Waals surface area (Å²) in [5.41, 5.74) is 8.85. The van der Waals surface area contributed by atoms with Crippen molar-refractivity contribution in [2.75, 3.05) is 7.11 Å². The van der Waals surface area contributed by atoms with Gasteiger partial charge in [-0.05, 0) is 41.7 Å². The number of hydrogen-bond acceptors (Lipinski definition) is 3. The summed E-state index contributed by atoms with van der Waals surface area (Å²) in [5.74, 6) is -0.148. The third-order valence-corrected chi connectivity index (χ3v) is 3.93. The lowest BCUT2D eigenvalue weighted by atomic mass is 9.92. The van der Waals surface area contributed by atoms with E-state index in [0.29, 0.717) is 6.42 Å². The van der Waals surface area contributed by atoms with Crippen LogP contribution in [0, 0.1) is 6.92 Å². The maximum absolute atomic E-state index is 11.1. The van der Waals surface area contributed by atoms with E-state index in [1.165, 1.54) is 29.0 Å². The molecule has 2 rings (SSSR count). The van der Waals surface area contributed by atoms with E-state index in [0.717, 1.165) is 19.3 Å². The molecule has 0 aliphatic heterocycles. The molecule has 0 bridgehead atoms. The van der Waals surface area contributed by atoms with Crippen molar-refractivity contribution in [3.8, 4) is 0 Å². The molecular weight excluding hydrogens is 262 g/mol. The van der Waals surface area contributed by atoms with Gasteiger partial charge in [-0.2, -0.15) is 0 Å². The molecule has 2 aromatic rings. The zero-order chi connectivity index (χ0) is 15.2. The largest absolute Gasteiger partial charge is 0.469 e. The van der Waals surface area contributed by atoms with Crippen molar-refractivity contribution < 1.29 is 9.53 Å². The standard InChI is InChI=1S/C18H23NO2/c1-13-11-12-14-7-3-4-8-15(14)18(13)16(19)9-5-6-10-17(20)21-2/h3-4,7-8,11-12,16H,5-6,9-10,19H2,1-2H3. The third-order valence-electron chi connectivity index (χ3n) is 3.93. The van der Waals surface area contributed by atoms with Crippen molar-refractivity contribution in [2.24, 2.45) is 5.73 Å². The SMILES string of the molecule is COC(=O)CCCCC(N)c1c(C)ccc2ccccc12. The molecule has 112 valence electrons. The van der Waals surface area contributed by atoms with E-state index in [1.54, 1.807) is 0 Å². The molecule has 0 spiro atoms. The fraction of sp³-hybridized carbons (Fsp3) is 0.389. The Balaban J connectivity index is 2.07. The van der Waals surface area contributed by atoms with Crippen molar-refractivity contribution in [3.63, 3.8) is 0 Å². The quantitative estimate of drug-likeness (QED) is 0.647. The van der Waals surface area contributed by atoms with Crippen LogP contribution in [0.2, 0.25) is 0 Å². The minimum absolute atomic E-state index is 0.00810. The van der Waals surface area contributed by atoms with E-state index in [-0.39, 0.29) is 12.0 Å². The summed E-state index contributed by atoms with van der Waals surface area (Å²) in [4.78, 5) is 11.1. The van der Waals surface area contributed by atoms with Gasteiger partial charge < -0.3 is 10.5 Å². The Bertz CT molecular complexity index is 622. The second-order valence-electron chi connectivity index (χ2n) is 5.45. The summed E-state index contributed by atoms with van der Waals surface area (Å²) in [6.45, 7) is 2.11. The Labute approximate surface area is 126 Å². The molecule has 0 aromatic heterocycles. The fourth-order valence-corrected chi connectivity index (χ4v) is 2.78. The highest BCUT2D eigenvalue weighted by atomic mass is 16.5. The molecule has 21 heavy (non-hydrogen) atoms. The second kappa shape index (κ2) is 7.23. The molecule has 0 radical (unpaired) electrons. The van der Waals surface area contributed by atoms with E-state index >= 15 is 0 Å². The lowest BCUT2D eigenvalue weighted by Gasteiger charge is -2.17. The highest BCUT2D eigenvalue weighted by Gasteiger charge is 2.13. The van der Waals surface area contributed by atoms with E-state index in [1.807, 2.05) is 6.07 Å². The van der Waals surface area contributed by atoms with Gasteiger partial charge in [-0.1, -0.05) is 42.8 Å². The van der Waals surface area contributed by atoms with Crippen molar-refractivity contribution in [1.82, 2.24) is 0 Å². The summed E-state index contributed by atoms with van der Waals surface area (Å²) in [6.07, 6.45) is 3.10. The van der Waals surface area contributed by atoms with Gasteiger partial charge in [0.15, 0.2) is 0 Å². The molecule has 2 aromatic carbocycles. The number of unbranched alkanes of at least 4 members (excludes halogenated alkanes) is 1. The number of nitrogens with two attached hydrogens (primary N) is 1. The maximum atomic E-state index is 11.1. The molecule has 0 amide bonds. The maximum Gasteiger partial charge on any atom is 0.305 e. The number of carbonyl (C=O) groups excluding carboxylic acids is 1. The molecule has 0 aliphatic rings. The summed E-state index contributed by atoms with van der Waals surface area (Å²) in [5, 5.41) is 2.46. The van der Waals surface area contributed by atoms with Crippen molar-refractivity contribution in [3.05, 3.63) is 47.5 Å². The van der Waals surface area contributed by atoms with Crippen molar-refractivity contribution >= 4 is 16.7 Å². The average molecular weight is 285 g/mol. The Hall–Kier alpha value is -1.87. The van der Waals surface area contributed by atoms with Crippen LogP contribution in [0.15, 0.2) is 36.4 Å². The van der Waals surface area contributed by atoms with Crippen LogP contribution in [0.3, 0.4) is 0 Å². The predicted octanol–water partition coefficient (Wildman–Crippen LogP) is 3.88. The van der Waals surface area contributed by atoms with Gasteiger partial charge in [-0.15, -0.1) is 0 Å². The number of benzene rings is 2. The third kappa shape index (κ3) is 3.82. The molecular formula is C18H23NO2. The Morgan fingerprint density at radius 1 is 1.19 bits per heavy atom. The minimum atomic E-state index is -0.148. The van der Waals surface area contributed by atoms with Gasteiger partial charge in [0.1, 0.15) is 0 Å². The van der Waals surface area contributed by atoms with Crippen molar-refractivity contribution in [2.45, 2.75) is 38.6 Å². The van der Waals surface area contributed by atoms with Gasteiger partial charge in [-0.25, -0.2) is 0 Å². The Morgan fingerprint density at radius 3 is 2.71 bits per heavy atom. The first-order chi connectivity index (χ1) is 10.1. The normalized spacial score (nSPS) is 12.3. The number of methoxy groups -OCH3 is 1. The minimum Gasteiger partial charge on any atom is -0.469 e. The van der Waals surface area contributed by atoms with Gasteiger partial charge in [-0.3, -0.25) is 4.79 Å². The predicted molar refractivity (Wildman–Crippen MR) is 86.1 cm³/mol. The zero-order valence-corrected chi connectivity index (χ0v) is 12.8. The Morgan fingerprint density at radius 2 is 1.95 bits per heavy atom. The average Bonchev–Trinajstić information content (AvgIpc) is 2.50. The Kier molecular flexibility index (Phi) is 5.34. The molecule has 3 heteroatoms. The van der Waals surface area contributed by atoms with Crippen LogP contribution >= 0.6 is 0 Å². The fourth-order valence-electron chi connectivity index (χ4n) is 2.78. The molecule has 0 fully saturated rings. The first-order valence-electron chi connectivity index (χ1n) is 7.44. The molecule has 0 saturated heterocycles. The van der Waals surface area contributed by atoms with E-state index in [4.69, 9.17) is 5.73 Å². The van der Waals surface area contributed by atoms with Crippen molar-refractivity contribution in [1.29, 1.82) is 0 Å². The number of fused-ring (bicyclic) bond motifs is 1. The number of rotatable bonds is 6. The lowest BCUT2D eigenvalue weighted by Crippen LogP contribution is -2.12. The van der Waals surface area contributed by atoms with Crippen LogP contribution in [0.4, 0.5) is 0 Å². The summed E-state index contributed by atoms with van der Waals surface area (Å²) in [6, 6.07) is 12.6. The monoisotopic (exact) mass is 285 g/mol. The number of hydrogen-bond donors (Lipinski definition) is 1. The van der Waals surface area contributed by atoms with Gasteiger partial charge in [0, 0.05) is 12.5 Å². The molecule has 1 unspecified atom stereocenters. The van der Waals surface area contributed by atoms with E-state index in [9.17, 15) is 4.79 Å². The van der Waals surface area contributed by atoms with E-state index in [2.05, 4.69) is 42.0 Å². The molecule has 3 nitrogen and oxygen atoms in total. The van der Waals surface area contributed by atoms with Crippen LogP contribution in [-0.4, -0.2) is 13.1 Å². The summed E-state index contributed by atoms with van der Waals surface area (Å²) in [7, 11) is 1.42. The number of esters is 1. The first kappa shape index (κ1) is 15.5. The number of aryl methyl sites for hydroxylation is 1. The van der Waals surface area contributed by atoms with Gasteiger partial charge in [0.2, 0.25) is 0 Å². The summed E-state index contributed by atoms with van der Waals surface area (Å²) < 4.78 is 4.65. The number of carbonyl (C=O) groups is 1. The van der Waals surface area contributed by atoms with Crippen LogP contribution < -0.4 is 5.73 Å². The lowest BCUT2D eigenvalue weighted by molar-refractivity contribution is -0.140. The highest BCUT2D eigenvalue weighted by molar-refractivity contribution is 5.87. The zero-order valence-electron chi connectivity index (χ0n) is 12.8. The van der Waals surface area contributed by atoms with Gasteiger partial charge >= 0.3 is 5.97 Å². The summed E-state index contributed by atoms with van der Waals surface area (Å²) >= 11 is 0. The topological polar surface area (TPSA) is 52.3 Å². The molecule has 1 atom stereocenters. The van der Waals surface area contributed by atoms with Crippen LogP contribution in [0.1, 0.15) is 42.9 Å². The van der Waals surface area contributed by atoms with E-state index < -0.39 is 0 Å². The second-order valence-corrected chi connectivity index (χ2v) is 5.45. The first-order valence-corrected chi connectivity index (χ1v) is 7.44. The smallest absolute Gasteiger partial charge is 0.305 e. The molecule has 0 heterocycles. The van der Waals surface area contributed by atoms with Crippen LogP contribution in [0.25, 0.3) is 10.8 Å². The van der Waals surface area contributed by atoms with Gasteiger partial charge in [0.05, 0.1) is 7.11 Å². The van der Waals surface area contributed by atoms with Gasteiger partial charge in [0.25, 0.3) is 0 Å². The molecule has 0 aliphatic carbocycles. The van der Waals surface area contributed by atoms with Crippen LogP contribution in [0.5, 0.6) is 0 Å². The molecule has 0 saturated carbocycles. The van der Waals surface area contributed by atoms with Crippen LogP contribution in [-0.2, 0) is 9.53 Å².